The number of amides is 2. The maximum absolute atomic E-state index is 12.5. The molecule has 0 saturated carbocycles. The highest BCUT2D eigenvalue weighted by atomic mass is 16.6. The number of methoxy groups -OCH3 is 1. The number of hydrogen-bond donors (Lipinski definition) is 2. The average Bonchev–Trinajstić information content (AvgIpc) is 3.14. The fourth-order valence-electron chi connectivity index (χ4n) is 3.12. The zero-order valence-electron chi connectivity index (χ0n) is 16.2. The van der Waals surface area contributed by atoms with Crippen LogP contribution < -0.4 is 20.3 Å². The lowest BCUT2D eigenvalue weighted by Gasteiger charge is -2.18. The Kier molecular flexibility index (Phi) is 5.96. The number of nitrogens with one attached hydrogen (secondary N) is 2. The summed E-state index contributed by atoms with van der Waals surface area (Å²) < 4.78 is 5.16. The Morgan fingerprint density at radius 2 is 1.97 bits per heavy atom. The third kappa shape index (κ3) is 4.63. The van der Waals surface area contributed by atoms with E-state index >= 15 is 0 Å². The number of ether oxygens (including phenoxy) is 1. The summed E-state index contributed by atoms with van der Waals surface area (Å²) in [6.07, 6.45) is 1.43. The van der Waals surface area contributed by atoms with Crippen molar-refractivity contribution < 1.29 is 19.2 Å². The monoisotopic (exact) mass is 398 g/mol. The number of benzene rings is 2. The maximum Gasteiger partial charge on any atom is 0.271 e. The van der Waals surface area contributed by atoms with Gasteiger partial charge >= 0.3 is 0 Å². The van der Waals surface area contributed by atoms with Crippen molar-refractivity contribution in [1.82, 2.24) is 0 Å². The van der Waals surface area contributed by atoms with E-state index in [-0.39, 0.29) is 23.2 Å². The van der Waals surface area contributed by atoms with Gasteiger partial charge in [-0.25, -0.2) is 0 Å². The minimum absolute atomic E-state index is 0.115. The minimum atomic E-state index is -0.613. The minimum Gasteiger partial charge on any atom is -0.495 e. The van der Waals surface area contributed by atoms with Crippen molar-refractivity contribution in [2.24, 2.45) is 0 Å². The van der Waals surface area contributed by atoms with Crippen molar-refractivity contribution in [3.05, 3.63) is 52.6 Å². The number of carbonyl (C=O) groups is 2. The van der Waals surface area contributed by atoms with Gasteiger partial charge in [0, 0.05) is 36.5 Å². The molecule has 1 unspecified atom stereocenters. The van der Waals surface area contributed by atoms with E-state index in [1.807, 2.05) is 12.1 Å². The number of nitro benzene ring substituents is 1. The first kappa shape index (κ1) is 20.1. The summed E-state index contributed by atoms with van der Waals surface area (Å²) in [6.45, 7) is 2.40. The lowest BCUT2D eigenvalue weighted by atomic mass is 10.2. The van der Waals surface area contributed by atoms with Crippen LogP contribution in [0.3, 0.4) is 0 Å². The Bertz CT molecular complexity index is 929. The molecule has 0 aromatic heterocycles. The average molecular weight is 398 g/mol. The molecule has 2 aromatic carbocycles. The van der Waals surface area contributed by atoms with Crippen LogP contribution in [0.1, 0.15) is 19.8 Å². The van der Waals surface area contributed by atoms with Crippen molar-refractivity contribution in [1.29, 1.82) is 0 Å². The number of non-ortho nitro benzene ring substituents is 1. The molecule has 0 radical (unpaired) electrons. The van der Waals surface area contributed by atoms with Gasteiger partial charge in [-0.05, 0) is 43.7 Å². The number of carbonyl (C=O) groups excluding carboxylic acids is 2. The SMILES string of the molecule is COc1ccc([N+](=O)[O-])cc1NC(=O)C(C)Nc1ccc(N2CCCC2=O)cc1. The molecule has 1 fully saturated rings. The molecule has 1 heterocycles. The fraction of sp³-hybridized carbons (Fsp3) is 0.300. The van der Waals surface area contributed by atoms with Crippen LogP contribution in [0.25, 0.3) is 0 Å². The third-order valence-electron chi connectivity index (χ3n) is 4.68. The summed E-state index contributed by atoms with van der Waals surface area (Å²) in [5, 5.41) is 16.7. The Morgan fingerprint density at radius 1 is 1.24 bits per heavy atom. The number of hydrogen-bond acceptors (Lipinski definition) is 6. The van der Waals surface area contributed by atoms with Gasteiger partial charge in [-0.1, -0.05) is 0 Å². The molecule has 2 N–H and O–H groups in total. The topological polar surface area (TPSA) is 114 Å². The van der Waals surface area contributed by atoms with Gasteiger partial charge in [0.25, 0.3) is 5.69 Å². The van der Waals surface area contributed by atoms with Crippen LogP contribution in [0.4, 0.5) is 22.7 Å². The van der Waals surface area contributed by atoms with Crippen molar-refractivity contribution in [2.75, 3.05) is 29.2 Å². The smallest absolute Gasteiger partial charge is 0.271 e. The summed E-state index contributed by atoms with van der Waals surface area (Å²) in [4.78, 5) is 36.5. The Balaban J connectivity index is 1.66. The van der Waals surface area contributed by atoms with E-state index in [4.69, 9.17) is 4.74 Å². The molecular weight excluding hydrogens is 376 g/mol. The van der Waals surface area contributed by atoms with Crippen LogP contribution in [0, 0.1) is 10.1 Å². The Labute approximate surface area is 167 Å². The summed E-state index contributed by atoms with van der Waals surface area (Å²) in [7, 11) is 1.42. The molecular formula is C20H22N4O5. The van der Waals surface area contributed by atoms with Gasteiger partial charge in [0.05, 0.1) is 17.7 Å². The van der Waals surface area contributed by atoms with Crippen LogP contribution in [0.2, 0.25) is 0 Å². The summed E-state index contributed by atoms with van der Waals surface area (Å²) in [5.41, 5.74) is 1.63. The van der Waals surface area contributed by atoms with Gasteiger partial charge in [0.1, 0.15) is 11.8 Å². The van der Waals surface area contributed by atoms with Gasteiger partial charge in [-0.3, -0.25) is 19.7 Å². The first-order chi connectivity index (χ1) is 13.9. The Hall–Kier alpha value is -3.62. The number of nitro groups is 1. The number of anilines is 3. The predicted octanol–water partition coefficient (Wildman–Crippen LogP) is 3.17. The van der Waals surface area contributed by atoms with Crippen molar-refractivity contribution in [3.8, 4) is 5.75 Å². The van der Waals surface area contributed by atoms with Crippen LogP contribution in [-0.2, 0) is 9.59 Å². The van der Waals surface area contributed by atoms with E-state index in [9.17, 15) is 19.7 Å². The zero-order valence-corrected chi connectivity index (χ0v) is 16.2. The fourth-order valence-corrected chi connectivity index (χ4v) is 3.12. The van der Waals surface area contributed by atoms with E-state index in [2.05, 4.69) is 10.6 Å². The second-order valence-electron chi connectivity index (χ2n) is 6.69. The maximum atomic E-state index is 12.5. The van der Waals surface area contributed by atoms with Gasteiger partial charge in [-0.2, -0.15) is 0 Å². The molecule has 9 nitrogen and oxygen atoms in total. The lowest BCUT2D eigenvalue weighted by Crippen LogP contribution is -2.32. The van der Waals surface area contributed by atoms with Crippen molar-refractivity contribution in [3.63, 3.8) is 0 Å². The predicted molar refractivity (Wildman–Crippen MR) is 109 cm³/mol. The molecule has 0 aliphatic carbocycles. The molecule has 1 aliphatic heterocycles. The molecule has 1 aliphatic rings. The van der Waals surface area contributed by atoms with Crippen LogP contribution in [0.5, 0.6) is 5.75 Å². The first-order valence-corrected chi connectivity index (χ1v) is 9.19. The molecule has 9 heteroatoms. The van der Waals surface area contributed by atoms with E-state index in [0.29, 0.717) is 17.9 Å². The molecule has 3 rings (SSSR count). The zero-order chi connectivity index (χ0) is 21.0. The molecule has 1 saturated heterocycles. The molecule has 2 amide bonds. The highest BCUT2D eigenvalue weighted by molar-refractivity contribution is 5.98. The summed E-state index contributed by atoms with van der Waals surface area (Å²) in [6, 6.07) is 10.7. The molecule has 152 valence electrons. The van der Waals surface area contributed by atoms with E-state index in [1.165, 1.54) is 25.3 Å². The molecule has 1 atom stereocenters. The molecule has 0 bridgehead atoms. The highest BCUT2D eigenvalue weighted by Gasteiger charge is 2.22. The Morgan fingerprint density at radius 3 is 2.55 bits per heavy atom. The van der Waals surface area contributed by atoms with E-state index < -0.39 is 11.0 Å². The molecule has 2 aromatic rings. The third-order valence-corrected chi connectivity index (χ3v) is 4.68. The molecule has 29 heavy (non-hydrogen) atoms. The number of rotatable bonds is 7. The summed E-state index contributed by atoms with van der Waals surface area (Å²) >= 11 is 0. The standard InChI is InChI=1S/C20H22N4O5/c1-13(20(26)22-17-12-16(24(27)28)9-10-18(17)29-2)21-14-5-7-15(8-6-14)23-11-3-4-19(23)25/h5-10,12-13,21H,3-4,11H2,1-2H3,(H,22,26). The lowest BCUT2D eigenvalue weighted by molar-refractivity contribution is -0.384. The van der Waals surface area contributed by atoms with Gasteiger partial charge < -0.3 is 20.3 Å². The van der Waals surface area contributed by atoms with Crippen LogP contribution in [0.15, 0.2) is 42.5 Å². The van der Waals surface area contributed by atoms with Crippen LogP contribution in [-0.4, -0.2) is 36.4 Å². The second-order valence-corrected chi connectivity index (χ2v) is 6.69. The molecule has 0 spiro atoms. The van der Waals surface area contributed by atoms with Gasteiger partial charge in [0.2, 0.25) is 11.8 Å². The van der Waals surface area contributed by atoms with Gasteiger partial charge in [-0.15, -0.1) is 0 Å². The largest absolute Gasteiger partial charge is 0.495 e. The second kappa shape index (κ2) is 8.59. The van der Waals surface area contributed by atoms with Crippen LogP contribution >= 0.6 is 0 Å². The van der Waals surface area contributed by atoms with E-state index in [1.54, 1.807) is 24.0 Å². The highest BCUT2D eigenvalue weighted by Crippen LogP contribution is 2.29. The van der Waals surface area contributed by atoms with E-state index in [0.717, 1.165) is 18.7 Å². The summed E-state index contributed by atoms with van der Waals surface area (Å²) in [5.74, 6) is 0.0720. The van der Waals surface area contributed by atoms with Crippen molar-refractivity contribution >= 4 is 34.6 Å². The first-order valence-electron chi connectivity index (χ1n) is 9.19. The quantitative estimate of drug-likeness (QED) is 0.547. The number of nitrogens with zero attached hydrogens (tertiary/aromatic N) is 2. The van der Waals surface area contributed by atoms with Gasteiger partial charge in [0.15, 0.2) is 0 Å². The normalized spacial score (nSPS) is 14.4. The van der Waals surface area contributed by atoms with Crippen molar-refractivity contribution in [2.45, 2.75) is 25.8 Å².